The maximum atomic E-state index is 10.9. The maximum absolute atomic E-state index is 10.9. The number of benzene rings is 2. The molecule has 2 aromatic rings. The van der Waals surface area contributed by atoms with Gasteiger partial charge in [0.05, 0.1) is 21.9 Å². The molecule has 2 N–H and O–H groups in total. The average molecular weight is 276 g/mol. The van der Waals surface area contributed by atoms with Crippen LogP contribution in [0.5, 0.6) is 0 Å². The topological polar surface area (TPSA) is 81.5 Å². The number of para-hydroxylation sites is 1. The van der Waals surface area contributed by atoms with Gasteiger partial charge in [-0.15, -0.1) is 0 Å². The van der Waals surface area contributed by atoms with E-state index in [0.29, 0.717) is 22.0 Å². The molecule has 0 bridgehead atoms. The normalized spacial score (nSPS) is 10.8. The Labute approximate surface area is 114 Å². The molecule has 0 atom stereocenters. The lowest BCUT2D eigenvalue weighted by atomic mass is 10.2. The highest BCUT2D eigenvalue weighted by Crippen LogP contribution is 2.26. The minimum Gasteiger partial charge on any atom is -0.397 e. The number of hydrogen-bond acceptors (Lipinski definition) is 4. The molecule has 0 radical (unpaired) electrons. The van der Waals surface area contributed by atoms with Crippen LogP contribution < -0.4 is 5.73 Å². The van der Waals surface area contributed by atoms with E-state index in [1.54, 1.807) is 36.4 Å². The number of nitrogens with zero attached hydrogens (tertiary/aromatic N) is 2. The van der Waals surface area contributed by atoms with Crippen LogP contribution in [0.2, 0.25) is 5.02 Å². The fraction of sp³-hybridized carbons (Fsp3) is 0. The molecule has 19 heavy (non-hydrogen) atoms. The van der Waals surface area contributed by atoms with Gasteiger partial charge in [0.15, 0.2) is 0 Å². The van der Waals surface area contributed by atoms with Crippen LogP contribution in [-0.4, -0.2) is 11.1 Å². The Hall–Kier alpha value is -2.40. The Morgan fingerprint density at radius 2 is 2.00 bits per heavy atom. The van der Waals surface area contributed by atoms with Crippen molar-refractivity contribution >= 4 is 34.9 Å². The van der Waals surface area contributed by atoms with E-state index in [9.17, 15) is 10.1 Å². The van der Waals surface area contributed by atoms with E-state index in [-0.39, 0.29) is 5.69 Å². The van der Waals surface area contributed by atoms with E-state index >= 15 is 0 Å². The summed E-state index contributed by atoms with van der Waals surface area (Å²) in [5, 5.41) is 11.4. The minimum absolute atomic E-state index is 0.00755. The van der Waals surface area contributed by atoms with E-state index in [1.807, 2.05) is 0 Å². The third-order valence-corrected chi connectivity index (χ3v) is 2.70. The number of aliphatic imine (C=N–C) groups is 1. The first-order chi connectivity index (χ1) is 9.08. The molecule has 0 aliphatic rings. The van der Waals surface area contributed by atoms with Crippen LogP contribution in [0.1, 0.15) is 5.56 Å². The lowest BCUT2D eigenvalue weighted by Crippen LogP contribution is -1.94. The van der Waals surface area contributed by atoms with Gasteiger partial charge in [0, 0.05) is 17.3 Å². The molecule has 0 saturated heterocycles. The molecule has 0 aromatic heterocycles. The number of nitrogens with two attached hydrogens (primary N) is 1. The molecule has 0 unspecified atom stereocenters. The highest BCUT2D eigenvalue weighted by Gasteiger charge is 2.10. The molecule has 6 heteroatoms. The molecular weight excluding hydrogens is 266 g/mol. The fourth-order valence-electron chi connectivity index (χ4n) is 1.53. The highest BCUT2D eigenvalue weighted by atomic mass is 35.5. The lowest BCUT2D eigenvalue weighted by Gasteiger charge is -2.00. The van der Waals surface area contributed by atoms with E-state index in [0.717, 1.165) is 0 Å². The van der Waals surface area contributed by atoms with E-state index < -0.39 is 4.92 Å². The van der Waals surface area contributed by atoms with Crippen molar-refractivity contribution in [2.45, 2.75) is 0 Å². The van der Waals surface area contributed by atoms with Gasteiger partial charge in [-0.2, -0.15) is 0 Å². The van der Waals surface area contributed by atoms with Crippen molar-refractivity contribution in [3.8, 4) is 0 Å². The summed E-state index contributed by atoms with van der Waals surface area (Å²) in [6.45, 7) is 0. The molecule has 0 aliphatic carbocycles. The molecule has 0 spiro atoms. The Kier molecular flexibility index (Phi) is 3.77. The monoisotopic (exact) mass is 275 g/mol. The maximum Gasteiger partial charge on any atom is 0.278 e. The SMILES string of the molecule is Nc1ccc(Cl)cc1N=Cc1ccccc1[N+](=O)[O-]. The standard InChI is InChI=1S/C13H10ClN3O2/c14-10-5-6-11(15)12(7-10)16-8-9-3-1-2-4-13(9)17(18)19/h1-8H,15H2. The molecule has 0 saturated carbocycles. The van der Waals surface area contributed by atoms with E-state index in [1.165, 1.54) is 12.3 Å². The third kappa shape index (κ3) is 3.08. The van der Waals surface area contributed by atoms with Crippen LogP contribution in [0.25, 0.3) is 0 Å². The number of nitro benzene ring substituents is 1. The van der Waals surface area contributed by atoms with Crippen LogP contribution in [0.15, 0.2) is 47.5 Å². The summed E-state index contributed by atoms with van der Waals surface area (Å²) in [4.78, 5) is 14.5. The number of anilines is 1. The molecule has 2 aromatic carbocycles. The molecule has 96 valence electrons. The molecule has 0 fully saturated rings. The molecular formula is C13H10ClN3O2. The summed E-state index contributed by atoms with van der Waals surface area (Å²) >= 11 is 5.84. The fourth-order valence-corrected chi connectivity index (χ4v) is 1.70. The van der Waals surface area contributed by atoms with Gasteiger partial charge in [0.2, 0.25) is 0 Å². The summed E-state index contributed by atoms with van der Waals surface area (Å²) in [7, 11) is 0. The third-order valence-electron chi connectivity index (χ3n) is 2.47. The Bertz CT molecular complexity index is 656. The van der Waals surface area contributed by atoms with Crippen molar-refractivity contribution in [3.05, 3.63) is 63.2 Å². The van der Waals surface area contributed by atoms with Gasteiger partial charge in [-0.1, -0.05) is 23.7 Å². The lowest BCUT2D eigenvalue weighted by molar-refractivity contribution is -0.385. The van der Waals surface area contributed by atoms with E-state index in [4.69, 9.17) is 17.3 Å². The smallest absolute Gasteiger partial charge is 0.278 e. The zero-order chi connectivity index (χ0) is 13.8. The van der Waals surface area contributed by atoms with Gasteiger partial charge >= 0.3 is 0 Å². The average Bonchev–Trinajstić information content (AvgIpc) is 2.40. The number of nitro groups is 1. The number of nitrogen functional groups attached to an aromatic ring is 1. The second-order valence-electron chi connectivity index (χ2n) is 3.78. The molecule has 0 aliphatic heterocycles. The summed E-state index contributed by atoms with van der Waals surface area (Å²) in [6.07, 6.45) is 1.40. The van der Waals surface area contributed by atoms with Crippen LogP contribution >= 0.6 is 11.6 Å². The van der Waals surface area contributed by atoms with Crippen LogP contribution in [0.3, 0.4) is 0 Å². The number of halogens is 1. The summed E-state index contributed by atoms with van der Waals surface area (Å²) in [6, 6.07) is 11.2. The van der Waals surface area contributed by atoms with Crippen molar-refractivity contribution in [2.75, 3.05) is 5.73 Å². The van der Waals surface area contributed by atoms with Gasteiger partial charge in [-0.05, 0) is 24.3 Å². The van der Waals surface area contributed by atoms with Crippen LogP contribution in [0.4, 0.5) is 17.1 Å². The minimum atomic E-state index is -0.456. The van der Waals surface area contributed by atoms with Gasteiger partial charge in [0.25, 0.3) is 5.69 Å². The zero-order valence-corrected chi connectivity index (χ0v) is 10.5. The van der Waals surface area contributed by atoms with Gasteiger partial charge < -0.3 is 5.73 Å². The first-order valence-corrected chi connectivity index (χ1v) is 5.78. The largest absolute Gasteiger partial charge is 0.397 e. The van der Waals surface area contributed by atoms with Gasteiger partial charge in [0.1, 0.15) is 0 Å². The van der Waals surface area contributed by atoms with Crippen molar-refractivity contribution < 1.29 is 4.92 Å². The highest BCUT2D eigenvalue weighted by molar-refractivity contribution is 6.31. The van der Waals surface area contributed by atoms with Crippen molar-refractivity contribution in [1.29, 1.82) is 0 Å². The van der Waals surface area contributed by atoms with Crippen LogP contribution in [-0.2, 0) is 0 Å². The Balaban J connectivity index is 2.38. The number of rotatable bonds is 3. The van der Waals surface area contributed by atoms with Crippen molar-refractivity contribution in [1.82, 2.24) is 0 Å². The van der Waals surface area contributed by atoms with E-state index in [2.05, 4.69) is 4.99 Å². The Morgan fingerprint density at radius 3 is 2.74 bits per heavy atom. The van der Waals surface area contributed by atoms with Gasteiger partial charge in [-0.3, -0.25) is 15.1 Å². The Morgan fingerprint density at radius 1 is 1.26 bits per heavy atom. The molecule has 0 amide bonds. The summed E-state index contributed by atoms with van der Waals surface area (Å²) in [5.41, 5.74) is 7.08. The van der Waals surface area contributed by atoms with Crippen molar-refractivity contribution in [3.63, 3.8) is 0 Å². The van der Waals surface area contributed by atoms with Crippen molar-refractivity contribution in [2.24, 2.45) is 4.99 Å². The van der Waals surface area contributed by atoms with Crippen LogP contribution in [0, 0.1) is 10.1 Å². The molecule has 0 heterocycles. The first-order valence-electron chi connectivity index (χ1n) is 5.40. The summed E-state index contributed by atoms with van der Waals surface area (Å²) in [5.74, 6) is 0. The molecule has 2 rings (SSSR count). The molecule has 5 nitrogen and oxygen atoms in total. The quantitative estimate of drug-likeness (QED) is 0.402. The number of hydrogen-bond donors (Lipinski definition) is 1. The summed E-state index contributed by atoms with van der Waals surface area (Å²) < 4.78 is 0. The first kappa shape index (κ1) is 13.0. The second-order valence-corrected chi connectivity index (χ2v) is 4.21. The zero-order valence-electron chi connectivity index (χ0n) is 9.79. The second kappa shape index (κ2) is 5.49. The predicted octanol–water partition coefficient (Wildman–Crippen LogP) is 3.58. The predicted molar refractivity (Wildman–Crippen MR) is 76.2 cm³/mol. The van der Waals surface area contributed by atoms with Gasteiger partial charge in [-0.25, -0.2) is 0 Å².